The first-order chi connectivity index (χ1) is 10.6. The van der Waals surface area contributed by atoms with Crippen LogP contribution >= 0.6 is 10.5 Å². The van der Waals surface area contributed by atoms with Crippen molar-refractivity contribution in [3.8, 4) is 0 Å². The summed E-state index contributed by atoms with van der Waals surface area (Å²) in [6, 6.07) is 8.73. The van der Waals surface area contributed by atoms with Crippen LogP contribution < -0.4 is 0 Å². The second-order valence-corrected chi connectivity index (χ2v) is 8.09. The maximum Gasteiger partial charge on any atom is 0.600 e. The molecule has 0 bridgehead atoms. The zero-order valence-electron chi connectivity index (χ0n) is 11.9. The van der Waals surface area contributed by atoms with Gasteiger partial charge in [0.05, 0.1) is 10.5 Å². The average Bonchev–Trinajstić information content (AvgIpc) is 3.02. The molecule has 0 radical (unpaired) electrons. The molecule has 4 nitrogen and oxygen atoms in total. The Kier molecular flexibility index (Phi) is 5.34. The Morgan fingerprint density at radius 3 is 2.22 bits per heavy atom. The van der Waals surface area contributed by atoms with Crippen LogP contribution in [0.5, 0.6) is 0 Å². The third-order valence-electron chi connectivity index (χ3n) is 3.66. The molecular formula is C14H15F3O4S2. The molecule has 1 unspecified atom stereocenters. The van der Waals surface area contributed by atoms with E-state index in [1.54, 1.807) is 24.3 Å². The minimum absolute atomic E-state index is 0.141. The molecule has 1 aliphatic carbocycles. The minimum atomic E-state index is -4.92. The summed E-state index contributed by atoms with van der Waals surface area (Å²) in [6.07, 6.45) is 3.96. The summed E-state index contributed by atoms with van der Waals surface area (Å²) in [4.78, 5) is 0.626. The lowest BCUT2D eigenvalue weighted by Crippen LogP contribution is -2.00. The Labute approximate surface area is 134 Å². The summed E-state index contributed by atoms with van der Waals surface area (Å²) < 4.78 is 73.2. The monoisotopic (exact) mass is 368 g/mol. The van der Waals surface area contributed by atoms with Crippen LogP contribution in [0.1, 0.15) is 36.5 Å². The lowest BCUT2D eigenvalue weighted by atomic mass is 10.1. The number of alkyl halides is 3. The molecule has 1 aromatic carbocycles. The highest BCUT2D eigenvalue weighted by Crippen LogP contribution is 2.55. The van der Waals surface area contributed by atoms with Crippen molar-refractivity contribution >= 4 is 31.0 Å². The van der Waals surface area contributed by atoms with E-state index in [1.807, 2.05) is 6.07 Å². The van der Waals surface area contributed by atoms with Crippen molar-refractivity contribution in [3.05, 3.63) is 35.2 Å². The van der Waals surface area contributed by atoms with Crippen LogP contribution in [0.3, 0.4) is 0 Å². The van der Waals surface area contributed by atoms with Gasteiger partial charge in [-0.1, -0.05) is 25.0 Å². The van der Waals surface area contributed by atoms with Crippen molar-refractivity contribution in [1.82, 2.24) is 0 Å². The van der Waals surface area contributed by atoms with Gasteiger partial charge >= 0.3 is 5.51 Å². The Bertz CT molecular complexity index is 767. The van der Waals surface area contributed by atoms with E-state index >= 15 is 0 Å². The molecule has 1 atom stereocenters. The van der Waals surface area contributed by atoms with Crippen LogP contribution in [-0.4, -0.2) is 17.5 Å². The Balaban J connectivity index is 0.000000338. The minimum Gasteiger partial charge on any atom is -0.726 e. The Hall–Kier alpha value is -1.16. The standard InChI is InChI=1S/C14H14F3S.H2O4S/c15-14(16,17)18-12-8-4-3-7-11(12)9-13(18)10-5-1-2-6-10;1-5(2,3)4/h3-4,7-10H,1-2,5-6H2;(H2,1,2,3,4)/q+1;/p-1. The molecule has 1 heterocycles. The van der Waals surface area contributed by atoms with Crippen molar-refractivity contribution in [2.45, 2.75) is 37.1 Å². The number of fused-ring (bicyclic) bond motifs is 1. The summed E-state index contributed by atoms with van der Waals surface area (Å²) >= 11 is 0. The summed E-state index contributed by atoms with van der Waals surface area (Å²) in [6.45, 7) is 0. The van der Waals surface area contributed by atoms with Crippen molar-refractivity contribution < 1.29 is 30.7 Å². The second kappa shape index (κ2) is 6.76. The van der Waals surface area contributed by atoms with Crippen molar-refractivity contribution in [2.75, 3.05) is 0 Å². The van der Waals surface area contributed by atoms with E-state index in [0.717, 1.165) is 31.1 Å². The molecule has 23 heavy (non-hydrogen) atoms. The maximum atomic E-state index is 13.3. The fraction of sp³-hybridized carbons (Fsp3) is 0.429. The zero-order valence-corrected chi connectivity index (χ0v) is 13.5. The fourth-order valence-corrected chi connectivity index (χ4v) is 5.04. The molecule has 0 spiro atoms. The lowest BCUT2D eigenvalue weighted by molar-refractivity contribution is -0.0868. The summed E-state index contributed by atoms with van der Waals surface area (Å²) in [7, 11) is -6.60. The first-order valence-corrected chi connectivity index (χ1v) is 9.46. The van der Waals surface area contributed by atoms with Crippen molar-refractivity contribution in [1.29, 1.82) is 0 Å². The maximum absolute atomic E-state index is 13.3. The number of halogens is 3. The molecule has 3 rings (SSSR count). The number of benzene rings is 1. The molecule has 0 aliphatic heterocycles. The molecule has 0 amide bonds. The molecule has 2 aromatic rings. The van der Waals surface area contributed by atoms with Gasteiger partial charge < -0.3 is 4.55 Å². The largest absolute Gasteiger partial charge is 0.726 e. The first kappa shape index (κ1) is 18.2. The predicted octanol–water partition coefficient (Wildman–Crippen LogP) is 4.73. The van der Waals surface area contributed by atoms with Crippen molar-refractivity contribution in [2.24, 2.45) is 0 Å². The third-order valence-corrected chi connectivity index (χ3v) is 5.86. The molecule has 1 aliphatic rings. The van der Waals surface area contributed by atoms with E-state index < -0.39 is 26.4 Å². The van der Waals surface area contributed by atoms with E-state index in [-0.39, 0.29) is 5.92 Å². The van der Waals surface area contributed by atoms with E-state index in [4.69, 9.17) is 17.5 Å². The van der Waals surface area contributed by atoms with Gasteiger partial charge in [0.2, 0.25) is 10.4 Å². The van der Waals surface area contributed by atoms with Gasteiger partial charge in [0.25, 0.3) is 0 Å². The SMILES string of the molecule is FC(F)(F)[s+]1c(C2CCCC2)cc2ccccc21.O=S(=O)([O-])O. The summed E-state index contributed by atoms with van der Waals surface area (Å²) in [5.41, 5.74) is -4.14. The van der Waals surface area contributed by atoms with E-state index in [9.17, 15) is 13.2 Å². The number of thiophene rings is 1. The lowest BCUT2D eigenvalue weighted by Gasteiger charge is -2.05. The van der Waals surface area contributed by atoms with Gasteiger partial charge in [-0.15, -0.1) is 13.2 Å². The quantitative estimate of drug-likeness (QED) is 0.448. The highest BCUT2D eigenvalue weighted by Gasteiger charge is 2.49. The van der Waals surface area contributed by atoms with Crippen LogP contribution in [0.15, 0.2) is 30.3 Å². The van der Waals surface area contributed by atoms with E-state index in [2.05, 4.69) is 0 Å². The summed E-state index contributed by atoms with van der Waals surface area (Å²) in [5.74, 6) is 0.141. The number of hydrogen-bond acceptors (Lipinski definition) is 3. The van der Waals surface area contributed by atoms with Gasteiger partial charge in [-0.25, -0.2) is 8.42 Å². The van der Waals surface area contributed by atoms with Crippen LogP contribution in [0.4, 0.5) is 13.2 Å². The molecular weight excluding hydrogens is 353 g/mol. The Morgan fingerprint density at radius 1 is 1.17 bits per heavy atom. The van der Waals surface area contributed by atoms with Gasteiger partial charge in [-0.3, -0.25) is 4.55 Å². The first-order valence-electron chi connectivity index (χ1n) is 6.87. The highest BCUT2D eigenvalue weighted by atomic mass is 32.3. The van der Waals surface area contributed by atoms with Gasteiger partial charge in [-0.2, -0.15) is 0 Å². The molecule has 1 fully saturated rings. The second-order valence-electron chi connectivity index (χ2n) is 5.25. The summed E-state index contributed by atoms with van der Waals surface area (Å²) in [5, 5.41) is 0.764. The van der Waals surface area contributed by atoms with E-state index in [1.165, 1.54) is 0 Å². The topological polar surface area (TPSA) is 77.4 Å². The zero-order chi connectivity index (χ0) is 17.3. The van der Waals surface area contributed by atoms with Gasteiger partial charge in [0, 0.05) is 17.4 Å². The fourth-order valence-electron chi connectivity index (χ4n) is 2.88. The molecule has 1 aromatic heterocycles. The van der Waals surface area contributed by atoms with E-state index in [0.29, 0.717) is 9.58 Å². The van der Waals surface area contributed by atoms with Crippen LogP contribution in [0.2, 0.25) is 0 Å². The normalized spacial score (nSPS) is 17.2. The third kappa shape index (κ3) is 4.90. The Morgan fingerprint density at radius 2 is 1.70 bits per heavy atom. The van der Waals surface area contributed by atoms with Gasteiger partial charge in [0.1, 0.15) is 0 Å². The van der Waals surface area contributed by atoms with Crippen LogP contribution in [0, 0.1) is 0 Å². The molecule has 0 saturated heterocycles. The molecule has 1 saturated carbocycles. The smallest absolute Gasteiger partial charge is 0.600 e. The highest BCUT2D eigenvalue weighted by molar-refractivity contribution is 7.79. The van der Waals surface area contributed by atoms with Gasteiger partial charge in [0.15, 0.2) is 9.58 Å². The van der Waals surface area contributed by atoms with Crippen molar-refractivity contribution in [3.63, 3.8) is 0 Å². The van der Waals surface area contributed by atoms with Crippen LogP contribution in [-0.2, 0) is 15.9 Å². The molecule has 128 valence electrons. The molecule has 1 N–H and O–H groups in total. The molecule has 9 heteroatoms. The van der Waals surface area contributed by atoms with Crippen LogP contribution in [0.25, 0.3) is 10.1 Å². The number of rotatable bonds is 1. The van der Waals surface area contributed by atoms with Gasteiger partial charge in [-0.05, 0) is 25.0 Å². The number of hydrogen-bond donors (Lipinski definition) is 1. The predicted molar refractivity (Wildman–Crippen MR) is 81.3 cm³/mol. The average molecular weight is 368 g/mol.